The summed E-state index contributed by atoms with van der Waals surface area (Å²) in [7, 11) is 0. The van der Waals surface area contributed by atoms with Crippen molar-refractivity contribution in [3.63, 3.8) is 0 Å². The van der Waals surface area contributed by atoms with Gasteiger partial charge in [-0.05, 0) is 42.5 Å². The molecular formula is C16H15ClN4O5. The van der Waals surface area contributed by atoms with E-state index in [1.54, 1.807) is 24.3 Å². The molecule has 0 unspecified atom stereocenters. The Balaban J connectivity index is 1.81. The SMILES string of the molecule is O=C(COc1ccc(C/[N+]([O-])=N/O)cc1)N/N=C/c1cc(Cl)ccc1O. The van der Waals surface area contributed by atoms with Crippen molar-refractivity contribution in [2.75, 3.05) is 6.61 Å². The summed E-state index contributed by atoms with van der Waals surface area (Å²) < 4.78 is 5.28. The molecule has 0 heterocycles. The number of nitrogens with zero attached hydrogens (tertiary/aromatic N) is 3. The van der Waals surface area contributed by atoms with Gasteiger partial charge in [0.05, 0.1) is 6.21 Å². The predicted molar refractivity (Wildman–Crippen MR) is 92.3 cm³/mol. The van der Waals surface area contributed by atoms with Gasteiger partial charge in [0.2, 0.25) is 6.54 Å². The van der Waals surface area contributed by atoms with Crippen LogP contribution >= 0.6 is 11.6 Å². The summed E-state index contributed by atoms with van der Waals surface area (Å²) in [4.78, 5) is 11.8. The van der Waals surface area contributed by atoms with Gasteiger partial charge in [-0.25, -0.2) is 5.43 Å². The van der Waals surface area contributed by atoms with E-state index in [1.807, 2.05) is 0 Å². The van der Waals surface area contributed by atoms with Gasteiger partial charge in [0.25, 0.3) is 5.91 Å². The fourth-order valence-electron chi connectivity index (χ4n) is 1.86. The van der Waals surface area contributed by atoms with Crippen LogP contribution in [0.2, 0.25) is 5.02 Å². The summed E-state index contributed by atoms with van der Waals surface area (Å²) in [6.07, 6.45) is 1.26. The maximum absolute atomic E-state index is 11.7. The van der Waals surface area contributed by atoms with Crippen LogP contribution in [0.1, 0.15) is 11.1 Å². The molecule has 26 heavy (non-hydrogen) atoms. The summed E-state index contributed by atoms with van der Waals surface area (Å²) in [5.41, 5.74) is 3.23. The number of hydrogen-bond acceptors (Lipinski definition) is 6. The summed E-state index contributed by atoms with van der Waals surface area (Å²) in [5, 5.41) is 35.4. The van der Waals surface area contributed by atoms with Gasteiger partial charge in [0, 0.05) is 16.1 Å². The van der Waals surface area contributed by atoms with Crippen LogP contribution < -0.4 is 10.2 Å². The fourth-order valence-corrected chi connectivity index (χ4v) is 2.04. The van der Waals surface area contributed by atoms with Crippen molar-refractivity contribution in [2.24, 2.45) is 10.4 Å². The minimum atomic E-state index is -0.503. The topological polar surface area (TPSA) is 130 Å². The van der Waals surface area contributed by atoms with E-state index in [2.05, 4.69) is 15.8 Å². The molecule has 0 saturated heterocycles. The minimum Gasteiger partial charge on any atom is -0.597 e. The van der Waals surface area contributed by atoms with Crippen molar-refractivity contribution < 1.29 is 24.7 Å². The van der Waals surface area contributed by atoms with E-state index in [0.717, 1.165) is 0 Å². The number of hydrazone groups is 1. The molecule has 0 atom stereocenters. The van der Waals surface area contributed by atoms with E-state index >= 15 is 0 Å². The molecular weight excluding hydrogens is 364 g/mol. The molecule has 1 amide bonds. The largest absolute Gasteiger partial charge is 0.597 e. The Morgan fingerprint density at radius 3 is 2.73 bits per heavy atom. The van der Waals surface area contributed by atoms with Crippen molar-refractivity contribution in [3.8, 4) is 11.5 Å². The lowest BCUT2D eigenvalue weighted by molar-refractivity contribution is -0.570. The van der Waals surface area contributed by atoms with Crippen molar-refractivity contribution in [1.82, 2.24) is 5.43 Å². The van der Waals surface area contributed by atoms with Gasteiger partial charge in [0.15, 0.2) is 11.9 Å². The molecule has 10 heteroatoms. The Morgan fingerprint density at radius 1 is 1.31 bits per heavy atom. The van der Waals surface area contributed by atoms with Gasteiger partial charge in [-0.3, -0.25) is 4.79 Å². The van der Waals surface area contributed by atoms with Gasteiger partial charge in [-0.2, -0.15) is 5.10 Å². The number of hydrogen-bond donors (Lipinski definition) is 3. The molecule has 2 aromatic rings. The van der Waals surface area contributed by atoms with Gasteiger partial charge in [-0.1, -0.05) is 16.5 Å². The molecule has 136 valence electrons. The maximum Gasteiger partial charge on any atom is 0.277 e. The summed E-state index contributed by atoms with van der Waals surface area (Å²) in [5.74, 6) is -0.107. The van der Waals surface area contributed by atoms with Crippen LogP contribution in [0.15, 0.2) is 52.8 Å². The second-order valence-corrected chi connectivity index (χ2v) is 5.47. The van der Waals surface area contributed by atoms with Crippen molar-refractivity contribution >= 4 is 23.7 Å². The van der Waals surface area contributed by atoms with Crippen LogP contribution in [-0.4, -0.2) is 33.9 Å². The number of hydroxylamine groups is 1. The van der Waals surface area contributed by atoms with Crippen molar-refractivity contribution in [1.29, 1.82) is 0 Å². The van der Waals surface area contributed by atoms with E-state index in [-0.39, 0.29) is 23.8 Å². The maximum atomic E-state index is 11.7. The molecule has 0 radical (unpaired) electrons. The highest BCUT2D eigenvalue weighted by Crippen LogP contribution is 2.19. The van der Waals surface area contributed by atoms with E-state index in [1.165, 1.54) is 24.4 Å². The second kappa shape index (κ2) is 9.23. The van der Waals surface area contributed by atoms with E-state index in [0.29, 0.717) is 21.9 Å². The molecule has 2 rings (SSSR count). The highest BCUT2D eigenvalue weighted by atomic mass is 35.5. The zero-order chi connectivity index (χ0) is 18.9. The number of halogens is 1. The summed E-state index contributed by atoms with van der Waals surface area (Å²) in [6, 6.07) is 10.8. The minimum absolute atomic E-state index is 0.0191. The molecule has 0 aliphatic rings. The molecule has 0 bridgehead atoms. The molecule has 0 saturated carbocycles. The van der Waals surface area contributed by atoms with Crippen molar-refractivity contribution in [3.05, 3.63) is 63.8 Å². The Kier molecular flexibility index (Phi) is 6.75. The lowest BCUT2D eigenvalue weighted by Gasteiger charge is -2.06. The lowest BCUT2D eigenvalue weighted by Crippen LogP contribution is -2.24. The summed E-state index contributed by atoms with van der Waals surface area (Å²) in [6.45, 7) is -0.389. The first-order valence-electron chi connectivity index (χ1n) is 7.30. The van der Waals surface area contributed by atoms with Gasteiger partial charge in [0.1, 0.15) is 11.5 Å². The quantitative estimate of drug-likeness (QED) is 0.295. The first-order valence-corrected chi connectivity index (χ1v) is 7.67. The number of phenols is 1. The second-order valence-electron chi connectivity index (χ2n) is 5.03. The number of benzene rings is 2. The smallest absolute Gasteiger partial charge is 0.277 e. The van der Waals surface area contributed by atoms with Crippen LogP contribution in [0.25, 0.3) is 0 Å². The van der Waals surface area contributed by atoms with Crippen molar-refractivity contribution in [2.45, 2.75) is 6.54 Å². The Bertz CT molecular complexity index is 824. The number of amides is 1. The highest BCUT2D eigenvalue weighted by molar-refractivity contribution is 6.30. The number of carbonyl (C=O) groups is 1. The first kappa shape index (κ1) is 19.0. The summed E-state index contributed by atoms with van der Waals surface area (Å²) >= 11 is 5.81. The van der Waals surface area contributed by atoms with Crippen LogP contribution in [0.4, 0.5) is 0 Å². The van der Waals surface area contributed by atoms with Gasteiger partial charge < -0.3 is 20.3 Å². The number of phenolic OH excluding ortho intramolecular Hbond substituents is 1. The number of ether oxygens (including phenoxy) is 1. The van der Waals surface area contributed by atoms with Crippen LogP contribution in [0.5, 0.6) is 11.5 Å². The number of nitrogens with one attached hydrogen (secondary N) is 1. The number of carbonyl (C=O) groups excluding carboxylic acids is 1. The third-order valence-electron chi connectivity index (χ3n) is 3.09. The average Bonchev–Trinajstić information content (AvgIpc) is 2.64. The monoisotopic (exact) mass is 378 g/mol. The zero-order valence-corrected chi connectivity index (χ0v) is 14.1. The molecule has 0 aliphatic heterocycles. The molecule has 0 fully saturated rings. The zero-order valence-electron chi connectivity index (χ0n) is 13.4. The van der Waals surface area contributed by atoms with E-state index in [4.69, 9.17) is 21.5 Å². The van der Waals surface area contributed by atoms with E-state index in [9.17, 15) is 15.1 Å². The third-order valence-corrected chi connectivity index (χ3v) is 3.33. The number of rotatable bonds is 7. The highest BCUT2D eigenvalue weighted by Gasteiger charge is 2.04. The normalized spacial score (nSPS) is 11.5. The average molecular weight is 379 g/mol. The molecule has 0 aromatic heterocycles. The van der Waals surface area contributed by atoms with Gasteiger partial charge in [-0.15, -0.1) is 0 Å². The van der Waals surface area contributed by atoms with Gasteiger partial charge >= 0.3 is 0 Å². The Labute approximate surface area is 153 Å². The third kappa shape index (κ3) is 5.95. The standard InChI is InChI=1S/C16H15ClN4O5/c17-13-3-6-15(22)12(7-13)8-18-19-16(23)10-26-14-4-1-11(2-5-14)9-21(25)20-24/h1-8,22,24H,9-10H2,(H,19,23)/b18-8+,21-20-. The molecule has 3 N–H and O–H groups in total. The first-order chi connectivity index (χ1) is 12.5. The molecule has 0 aliphatic carbocycles. The molecule has 2 aromatic carbocycles. The molecule has 0 spiro atoms. The van der Waals surface area contributed by atoms with Crippen LogP contribution in [0.3, 0.4) is 0 Å². The van der Waals surface area contributed by atoms with Crippen LogP contribution in [0, 0.1) is 5.21 Å². The Morgan fingerprint density at radius 2 is 2.04 bits per heavy atom. The fraction of sp³-hybridized carbons (Fsp3) is 0.125. The molecule has 9 nitrogen and oxygen atoms in total. The predicted octanol–water partition coefficient (Wildman–Crippen LogP) is 2.43. The lowest BCUT2D eigenvalue weighted by atomic mass is 10.2. The Hall–Kier alpha value is -3.33. The van der Waals surface area contributed by atoms with E-state index < -0.39 is 5.91 Å². The number of aromatic hydroxyl groups is 1. The van der Waals surface area contributed by atoms with Crippen LogP contribution in [-0.2, 0) is 11.3 Å².